The molecule has 2 rings (SSSR count). The van der Waals surface area contributed by atoms with E-state index in [1.807, 2.05) is 0 Å². The summed E-state index contributed by atoms with van der Waals surface area (Å²) < 4.78 is 5.43. The van der Waals surface area contributed by atoms with E-state index in [0.29, 0.717) is 31.0 Å². The molecule has 21 heavy (non-hydrogen) atoms. The lowest BCUT2D eigenvalue weighted by Crippen LogP contribution is -2.48. The molecule has 7 nitrogen and oxygen atoms in total. The molecule has 8 heteroatoms. The number of rotatable bonds is 4. The second-order valence-electron chi connectivity index (χ2n) is 5.04. The van der Waals surface area contributed by atoms with Gasteiger partial charge in [0, 0.05) is 39.6 Å². The van der Waals surface area contributed by atoms with Crippen LogP contribution in [0.15, 0.2) is 6.20 Å². The number of aromatic amines is 1. The van der Waals surface area contributed by atoms with Crippen molar-refractivity contribution in [2.24, 2.45) is 5.92 Å². The fraction of sp³-hybridized carbons (Fsp3) is 0.615. The minimum absolute atomic E-state index is 0.0245. The number of halogens is 1. The van der Waals surface area contributed by atoms with E-state index < -0.39 is 0 Å². The highest BCUT2D eigenvalue weighted by molar-refractivity contribution is 6.33. The Bertz CT molecular complexity index is 519. The summed E-state index contributed by atoms with van der Waals surface area (Å²) in [4.78, 5) is 25.7. The van der Waals surface area contributed by atoms with Gasteiger partial charge in [0.05, 0.1) is 17.3 Å². The first kappa shape index (κ1) is 15.8. The molecule has 1 aliphatic heterocycles. The quantitative estimate of drug-likeness (QED) is 0.855. The molecule has 0 aliphatic carbocycles. The van der Waals surface area contributed by atoms with E-state index >= 15 is 0 Å². The van der Waals surface area contributed by atoms with E-state index in [4.69, 9.17) is 16.3 Å². The average molecular weight is 315 g/mol. The standard InChI is InChI=1S/C13H19ClN4O3/c1-15-11(19)5-8-7-18(4-3-10(8)21-2)13(20)12-9(14)6-16-17-12/h6,8,10H,3-5,7H2,1-2H3,(H,15,19)(H,16,17)/t8-,10-/m1/s1. The minimum Gasteiger partial charge on any atom is -0.381 e. The van der Waals surface area contributed by atoms with Crippen molar-refractivity contribution in [3.63, 3.8) is 0 Å². The third-order valence-electron chi connectivity index (χ3n) is 3.79. The normalized spacial score (nSPS) is 22.1. The zero-order chi connectivity index (χ0) is 15.4. The molecule has 0 aromatic carbocycles. The first-order chi connectivity index (χ1) is 10.1. The molecular weight excluding hydrogens is 296 g/mol. The van der Waals surface area contributed by atoms with E-state index in [1.54, 1.807) is 19.1 Å². The fourth-order valence-corrected chi connectivity index (χ4v) is 2.79. The largest absolute Gasteiger partial charge is 0.381 e. The van der Waals surface area contributed by atoms with E-state index in [1.165, 1.54) is 6.20 Å². The molecule has 0 saturated carbocycles. The number of methoxy groups -OCH3 is 1. The van der Waals surface area contributed by atoms with Gasteiger partial charge in [-0.25, -0.2) is 0 Å². The van der Waals surface area contributed by atoms with Gasteiger partial charge in [-0.05, 0) is 6.42 Å². The highest BCUT2D eigenvalue weighted by Gasteiger charge is 2.34. The molecule has 2 atom stereocenters. The van der Waals surface area contributed by atoms with Crippen LogP contribution >= 0.6 is 11.6 Å². The van der Waals surface area contributed by atoms with E-state index in [2.05, 4.69) is 15.5 Å². The van der Waals surface area contributed by atoms with Gasteiger partial charge >= 0.3 is 0 Å². The van der Waals surface area contributed by atoms with Crippen molar-refractivity contribution in [1.82, 2.24) is 20.4 Å². The summed E-state index contributed by atoms with van der Waals surface area (Å²) in [5.74, 6) is -0.292. The van der Waals surface area contributed by atoms with Crippen LogP contribution in [0.1, 0.15) is 23.3 Å². The number of ether oxygens (including phenoxy) is 1. The van der Waals surface area contributed by atoms with Gasteiger partial charge in [0.15, 0.2) is 0 Å². The number of likely N-dealkylation sites (tertiary alicyclic amines) is 1. The SMILES string of the molecule is CNC(=O)C[C@@H]1CN(C(=O)c2[nH]ncc2Cl)CC[C@H]1OC. The molecule has 2 amide bonds. The van der Waals surface area contributed by atoms with Crippen LogP contribution in [0, 0.1) is 5.92 Å². The van der Waals surface area contributed by atoms with Crippen molar-refractivity contribution in [3.05, 3.63) is 16.9 Å². The first-order valence-electron chi connectivity index (χ1n) is 6.78. The van der Waals surface area contributed by atoms with E-state index in [0.717, 1.165) is 0 Å². The molecular formula is C13H19ClN4O3. The number of amides is 2. The molecule has 116 valence electrons. The summed E-state index contributed by atoms with van der Waals surface area (Å²) >= 11 is 5.92. The molecule has 2 heterocycles. The summed E-state index contributed by atoms with van der Waals surface area (Å²) in [5.41, 5.74) is 0.284. The molecule has 1 fully saturated rings. The third kappa shape index (κ3) is 3.54. The molecule has 0 spiro atoms. The van der Waals surface area contributed by atoms with Crippen LogP contribution in [0.5, 0.6) is 0 Å². The van der Waals surface area contributed by atoms with Crippen molar-refractivity contribution in [2.75, 3.05) is 27.2 Å². The zero-order valence-electron chi connectivity index (χ0n) is 12.1. The number of aromatic nitrogens is 2. The fourth-order valence-electron chi connectivity index (χ4n) is 2.62. The topological polar surface area (TPSA) is 87.3 Å². The number of hydrogen-bond acceptors (Lipinski definition) is 4. The maximum Gasteiger partial charge on any atom is 0.273 e. The van der Waals surface area contributed by atoms with Gasteiger partial charge in [-0.3, -0.25) is 14.7 Å². The van der Waals surface area contributed by atoms with Crippen molar-refractivity contribution in [2.45, 2.75) is 18.9 Å². The number of hydrogen-bond donors (Lipinski definition) is 2. The van der Waals surface area contributed by atoms with Crippen LogP contribution in [0.4, 0.5) is 0 Å². The Morgan fingerprint density at radius 1 is 1.62 bits per heavy atom. The Morgan fingerprint density at radius 3 is 2.95 bits per heavy atom. The second-order valence-corrected chi connectivity index (χ2v) is 5.45. The molecule has 1 saturated heterocycles. The van der Waals surface area contributed by atoms with Crippen molar-refractivity contribution in [1.29, 1.82) is 0 Å². The van der Waals surface area contributed by atoms with Gasteiger partial charge in [-0.15, -0.1) is 0 Å². The molecule has 0 unspecified atom stereocenters. The summed E-state index contributed by atoms with van der Waals surface area (Å²) in [6.07, 6.45) is 2.40. The van der Waals surface area contributed by atoms with Crippen LogP contribution in [-0.4, -0.2) is 60.3 Å². The zero-order valence-corrected chi connectivity index (χ0v) is 12.8. The van der Waals surface area contributed by atoms with Crippen LogP contribution in [0.25, 0.3) is 0 Å². The predicted molar refractivity (Wildman–Crippen MR) is 77.1 cm³/mol. The lowest BCUT2D eigenvalue weighted by molar-refractivity contribution is -0.123. The number of nitrogens with zero attached hydrogens (tertiary/aromatic N) is 2. The summed E-state index contributed by atoms with van der Waals surface area (Å²) in [7, 11) is 3.23. The van der Waals surface area contributed by atoms with Crippen molar-refractivity contribution in [3.8, 4) is 0 Å². The highest BCUT2D eigenvalue weighted by Crippen LogP contribution is 2.25. The van der Waals surface area contributed by atoms with Crippen LogP contribution in [0.3, 0.4) is 0 Å². The maximum absolute atomic E-state index is 12.4. The van der Waals surface area contributed by atoms with Gasteiger partial charge in [0.1, 0.15) is 5.69 Å². The third-order valence-corrected chi connectivity index (χ3v) is 4.07. The van der Waals surface area contributed by atoms with Gasteiger partial charge in [-0.1, -0.05) is 11.6 Å². The van der Waals surface area contributed by atoms with Crippen molar-refractivity contribution >= 4 is 23.4 Å². The van der Waals surface area contributed by atoms with Crippen LogP contribution < -0.4 is 5.32 Å². The van der Waals surface area contributed by atoms with Gasteiger partial charge in [0.2, 0.25) is 5.91 Å². The Balaban J connectivity index is 2.07. The van der Waals surface area contributed by atoms with Gasteiger partial charge in [0.25, 0.3) is 5.91 Å². The lowest BCUT2D eigenvalue weighted by atomic mass is 9.91. The van der Waals surface area contributed by atoms with Gasteiger partial charge < -0.3 is 15.0 Å². The Hall–Kier alpha value is -1.60. The summed E-state index contributed by atoms with van der Waals surface area (Å²) in [5, 5.41) is 9.27. The number of piperidine rings is 1. The molecule has 2 N–H and O–H groups in total. The number of carbonyl (C=O) groups excluding carboxylic acids is 2. The summed E-state index contributed by atoms with van der Waals surface area (Å²) in [6.45, 7) is 1.02. The second kappa shape index (κ2) is 6.91. The van der Waals surface area contributed by atoms with Gasteiger partial charge in [-0.2, -0.15) is 5.10 Å². The molecule has 1 aliphatic rings. The average Bonchev–Trinajstić information content (AvgIpc) is 2.92. The first-order valence-corrected chi connectivity index (χ1v) is 7.16. The predicted octanol–water partition coefficient (Wildman–Crippen LogP) is 0.676. The molecule has 1 aromatic heterocycles. The van der Waals surface area contributed by atoms with Crippen LogP contribution in [0.2, 0.25) is 5.02 Å². The summed E-state index contributed by atoms with van der Waals surface area (Å²) in [6, 6.07) is 0. The highest BCUT2D eigenvalue weighted by atomic mass is 35.5. The maximum atomic E-state index is 12.4. The monoisotopic (exact) mass is 314 g/mol. The Labute approximate surface area is 128 Å². The minimum atomic E-state index is -0.200. The Morgan fingerprint density at radius 2 is 2.38 bits per heavy atom. The molecule has 0 radical (unpaired) electrons. The number of H-pyrrole nitrogens is 1. The van der Waals surface area contributed by atoms with E-state index in [9.17, 15) is 9.59 Å². The van der Waals surface area contributed by atoms with E-state index in [-0.39, 0.29) is 29.5 Å². The smallest absolute Gasteiger partial charge is 0.273 e. The Kier molecular flexibility index (Phi) is 5.19. The lowest BCUT2D eigenvalue weighted by Gasteiger charge is -2.37. The van der Waals surface area contributed by atoms with Crippen molar-refractivity contribution < 1.29 is 14.3 Å². The number of nitrogens with one attached hydrogen (secondary N) is 2. The molecule has 0 bridgehead atoms. The van der Waals surface area contributed by atoms with Crippen LogP contribution in [-0.2, 0) is 9.53 Å². The number of carbonyl (C=O) groups is 2. The molecule has 1 aromatic rings.